The van der Waals surface area contributed by atoms with Crippen molar-refractivity contribution in [3.05, 3.63) is 69.6 Å². The molecule has 0 atom stereocenters. The van der Waals surface area contributed by atoms with Gasteiger partial charge in [0.2, 0.25) is 5.90 Å². The molecular formula is C17H11BrFNO3. The van der Waals surface area contributed by atoms with Gasteiger partial charge in [-0.05, 0) is 36.4 Å². The van der Waals surface area contributed by atoms with Crippen molar-refractivity contribution in [2.75, 3.05) is 7.11 Å². The third-order valence-corrected chi connectivity index (χ3v) is 3.70. The topological polar surface area (TPSA) is 47.9 Å². The van der Waals surface area contributed by atoms with Crippen molar-refractivity contribution in [2.45, 2.75) is 0 Å². The first-order chi connectivity index (χ1) is 11.1. The molecule has 1 aliphatic heterocycles. The number of ether oxygens (including phenoxy) is 2. The first kappa shape index (κ1) is 15.4. The van der Waals surface area contributed by atoms with Crippen molar-refractivity contribution in [1.82, 2.24) is 0 Å². The number of benzene rings is 2. The van der Waals surface area contributed by atoms with E-state index < -0.39 is 11.8 Å². The molecule has 0 amide bonds. The number of rotatable bonds is 3. The molecule has 0 bridgehead atoms. The lowest BCUT2D eigenvalue weighted by atomic mass is 10.1. The summed E-state index contributed by atoms with van der Waals surface area (Å²) in [5, 5.41) is 0. The first-order valence-electron chi connectivity index (χ1n) is 6.69. The second kappa shape index (κ2) is 6.34. The van der Waals surface area contributed by atoms with E-state index in [4.69, 9.17) is 9.47 Å². The molecule has 0 spiro atoms. The first-order valence-corrected chi connectivity index (χ1v) is 7.49. The zero-order valence-electron chi connectivity index (χ0n) is 12.0. The van der Waals surface area contributed by atoms with Crippen LogP contribution in [0.4, 0.5) is 4.39 Å². The molecule has 116 valence electrons. The van der Waals surface area contributed by atoms with E-state index in [-0.39, 0.29) is 17.2 Å². The van der Waals surface area contributed by atoms with Gasteiger partial charge in [-0.15, -0.1) is 0 Å². The van der Waals surface area contributed by atoms with Crippen LogP contribution in [0.3, 0.4) is 0 Å². The lowest BCUT2D eigenvalue weighted by molar-refractivity contribution is -0.129. The van der Waals surface area contributed by atoms with E-state index in [2.05, 4.69) is 20.9 Å². The minimum atomic E-state index is -0.634. The van der Waals surface area contributed by atoms with Crippen LogP contribution in [-0.2, 0) is 9.53 Å². The lowest BCUT2D eigenvalue weighted by Crippen LogP contribution is -2.07. The minimum Gasteiger partial charge on any atom is -0.496 e. The smallest absolute Gasteiger partial charge is 0.363 e. The highest BCUT2D eigenvalue weighted by Crippen LogP contribution is 2.27. The predicted octanol–water partition coefficient (Wildman–Crippen LogP) is 3.94. The maximum Gasteiger partial charge on any atom is 0.363 e. The van der Waals surface area contributed by atoms with E-state index in [0.29, 0.717) is 11.3 Å². The molecule has 6 heteroatoms. The summed E-state index contributed by atoms with van der Waals surface area (Å²) in [7, 11) is 1.53. The Morgan fingerprint density at radius 3 is 2.78 bits per heavy atom. The number of nitrogens with zero attached hydrogens (tertiary/aromatic N) is 1. The van der Waals surface area contributed by atoms with Crippen molar-refractivity contribution >= 4 is 33.9 Å². The van der Waals surface area contributed by atoms with Crippen LogP contribution in [0.2, 0.25) is 0 Å². The third-order valence-electron chi connectivity index (χ3n) is 3.21. The Kier molecular flexibility index (Phi) is 4.25. The van der Waals surface area contributed by atoms with Gasteiger partial charge in [0.15, 0.2) is 5.70 Å². The fourth-order valence-electron chi connectivity index (χ4n) is 2.12. The highest BCUT2D eigenvalue weighted by atomic mass is 79.9. The SMILES string of the molecule is COc1ccc(Br)cc1C=C1N=C(c2ccccc2F)OC1=O. The molecule has 0 N–H and O–H groups in total. The van der Waals surface area contributed by atoms with E-state index in [1.165, 1.54) is 19.2 Å². The van der Waals surface area contributed by atoms with Crippen LogP contribution in [-0.4, -0.2) is 19.0 Å². The summed E-state index contributed by atoms with van der Waals surface area (Å²) in [5.74, 6) is -0.595. The summed E-state index contributed by atoms with van der Waals surface area (Å²) in [6.07, 6.45) is 1.54. The zero-order valence-corrected chi connectivity index (χ0v) is 13.6. The molecule has 0 aromatic heterocycles. The Morgan fingerprint density at radius 1 is 1.26 bits per heavy atom. The molecular weight excluding hydrogens is 365 g/mol. The number of hydrogen-bond donors (Lipinski definition) is 0. The molecule has 23 heavy (non-hydrogen) atoms. The lowest BCUT2D eigenvalue weighted by Gasteiger charge is -2.04. The predicted molar refractivity (Wildman–Crippen MR) is 87.7 cm³/mol. The van der Waals surface area contributed by atoms with Crippen LogP contribution < -0.4 is 4.74 Å². The number of carbonyl (C=O) groups excluding carboxylic acids is 1. The largest absolute Gasteiger partial charge is 0.496 e. The summed E-state index contributed by atoms with van der Waals surface area (Å²) < 4.78 is 24.9. The van der Waals surface area contributed by atoms with Crippen LogP contribution in [0.5, 0.6) is 5.75 Å². The summed E-state index contributed by atoms with van der Waals surface area (Å²) in [4.78, 5) is 16.1. The van der Waals surface area contributed by atoms with Gasteiger partial charge in [-0.3, -0.25) is 0 Å². The van der Waals surface area contributed by atoms with Gasteiger partial charge >= 0.3 is 5.97 Å². The van der Waals surface area contributed by atoms with Crippen molar-refractivity contribution < 1.29 is 18.7 Å². The molecule has 0 radical (unpaired) electrons. The highest BCUT2D eigenvalue weighted by Gasteiger charge is 2.26. The molecule has 0 unspecified atom stereocenters. The van der Waals surface area contributed by atoms with E-state index in [9.17, 15) is 9.18 Å². The summed E-state index contributed by atoms with van der Waals surface area (Å²) in [6, 6.07) is 11.4. The van der Waals surface area contributed by atoms with Crippen LogP contribution >= 0.6 is 15.9 Å². The van der Waals surface area contributed by atoms with Gasteiger partial charge in [-0.2, -0.15) is 0 Å². The summed E-state index contributed by atoms with van der Waals surface area (Å²) >= 11 is 3.36. The van der Waals surface area contributed by atoms with E-state index in [0.717, 1.165) is 4.47 Å². The van der Waals surface area contributed by atoms with Gasteiger partial charge in [0, 0.05) is 10.0 Å². The van der Waals surface area contributed by atoms with Gasteiger partial charge in [0.25, 0.3) is 0 Å². The zero-order chi connectivity index (χ0) is 16.4. The van der Waals surface area contributed by atoms with Gasteiger partial charge in [0.1, 0.15) is 11.6 Å². The molecule has 1 heterocycles. The molecule has 0 saturated heterocycles. The van der Waals surface area contributed by atoms with Gasteiger partial charge in [0.05, 0.1) is 12.7 Å². The average molecular weight is 376 g/mol. The number of methoxy groups -OCH3 is 1. The third kappa shape index (κ3) is 3.17. The van der Waals surface area contributed by atoms with E-state index in [1.54, 1.807) is 30.3 Å². The van der Waals surface area contributed by atoms with E-state index >= 15 is 0 Å². The Bertz CT molecular complexity index is 845. The molecule has 0 saturated carbocycles. The second-order valence-corrected chi connectivity index (χ2v) is 5.62. The van der Waals surface area contributed by atoms with Gasteiger partial charge in [-0.1, -0.05) is 28.1 Å². The monoisotopic (exact) mass is 375 g/mol. The van der Waals surface area contributed by atoms with Crippen LogP contribution in [0.25, 0.3) is 6.08 Å². The fraction of sp³-hybridized carbons (Fsp3) is 0.0588. The van der Waals surface area contributed by atoms with Gasteiger partial charge in [-0.25, -0.2) is 14.2 Å². The highest BCUT2D eigenvalue weighted by molar-refractivity contribution is 9.10. The normalized spacial score (nSPS) is 15.5. The molecule has 0 aliphatic carbocycles. The maximum atomic E-state index is 13.8. The molecule has 0 fully saturated rings. The Hall–Kier alpha value is -2.47. The number of cyclic esters (lactones) is 1. The van der Waals surface area contributed by atoms with Crippen LogP contribution in [0.1, 0.15) is 11.1 Å². The Morgan fingerprint density at radius 2 is 2.04 bits per heavy atom. The maximum absolute atomic E-state index is 13.8. The molecule has 1 aliphatic rings. The average Bonchev–Trinajstić information content (AvgIpc) is 2.89. The fourth-order valence-corrected chi connectivity index (χ4v) is 2.50. The second-order valence-electron chi connectivity index (χ2n) is 4.70. The number of esters is 1. The van der Waals surface area contributed by atoms with Gasteiger partial charge < -0.3 is 9.47 Å². The number of aliphatic imine (C=N–C) groups is 1. The van der Waals surface area contributed by atoms with Crippen LogP contribution in [0, 0.1) is 5.82 Å². The Labute approximate surface area is 140 Å². The van der Waals surface area contributed by atoms with Crippen molar-refractivity contribution in [1.29, 1.82) is 0 Å². The summed E-state index contributed by atoms with van der Waals surface area (Å²) in [5.41, 5.74) is 0.887. The Balaban J connectivity index is 2.02. The van der Waals surface area contributed by atoms with E-state index in [1.807, 2.05) is 6.07 Å². The molecule has 2 aromatic rings. The van der Waals surface area contributed by atoms with Crippen LogP contribution in [0.15, 0.2) is 57.6 Å². The number of carbonyl (C=O) groups is 1. The molecule has 4 nitrogen and oxygen atoms in total. The van der Waals surface area contributed by atoms with Crippen molar-refractivity contribution in [2.24, 2.45) is 4.99 Å². The minimum absolute atomic E-state index is 0.0479. The number of hydrogen-bond acceptors (Lipinski definition) is 4. The molecule has 2 aromatic carbocycles. The van der Waals surface area contributed by atoms with Crippen molar-refractivity contribution in [3.8, 4) is 5.75 Å². The standard InChI is InChI=1S/C17H11BrFNO3/c1-22-15-7-6-11(18)8-10(15)9-14-17(21)23-16(20-14)12-4-2-3-5-13(12)19/h2-9H,1H3. The number of halogens is 2. The molecule has 3 rings (SSSR count). The quantitative estimate of drug-likeness (QED) is 0.602. The van der Waals surface area contributed by atoms with Crippen molar-refractivity contribution in [3.63, 3.8) is 0 Å². The summed E-state index contributed by atoms with van der Waals surface area (Å²) in [6.45, 7) is 0.